The number of pyridine rings is 1. The third-order valence-corrected chi connectivity index (χ3v) is 11.0. The Morgan fingerprint density at radius 3 is 1.46 bits per heavy atom. The minimum atomic E-state index is -4.68. The molecule has 48 heavy (non-hydrogen) atoms. The smallest absolute Gasteiger partial charge is 0.256 e. The average Bonchev–Trinajstić information content (AvgIpc) is 3.07. The molecule has 1 nitrogen and oxygen atoms in total. The highest BCUT2D eigenvalue weighted by Crippen LogP contribution is 2.62. The van der Waals surface area contributed by atoms with Crippen molar-refractivity contribution in [2.45, 2.75) is 56.3 Å². The Labute approximate surface area is 275 Å². The molecule has 0 N–H and O–H groups in total. The number of hydrogen-bond acceptors (Lipinski definition) is 1. The molecule has 0 aliphatic heterocycles. The van der Waals surface area contributed by atoms with Crippen molar-refractivity contribution in [2.75, 3.05) is 0 Å². The molecule has 0 atom stereocenters. The maximum absolute atomic E-state index is 14.7. The molecule has 5 aromatic rings. The van der Waals surface area contributed by atoms with Gasteiger partial charge in [-0.05, 0) is 125 Å². The van der Waals surface area contributed by atoms with Crippen LogP contribution in [0.2, 0.25) is 0 Å². The van der Waals surface area contributed by atoms with Crippen molar-refractivity contribution in [3.8, 4) is 44.6 Å². The van der Waals surface area contributed by atoms with E-state index in [1.807, 2.05) is 42.5 Å². The van der Waals surface area contributed by atoms with Gasteiger partial charge in [-0.25, -0.2) is 0 Å². The number of rotatable bonds is 5. The maximum atomic E-state index is 14.7. The lowest BCUT2D eigenvalue weighted by Crippen LogP contribution is -2.48. The van der Waals surface area contributed by atoms with Crippen LogP contribution in [0, 0.1) is 17.8 Å². The molecule has 244 valence electrons. The molecule has 4 aliphatic rings. The zero-order chi connectivity index (χ0) is 33.3. The van der Waals surface area contributed by atoms with Gasteiger partial charge in [0.1, 0.15) is 0 Å². The zero-order valence-corrected chi connectivity index (χ0v) is 26.1. The first-order valence-corrected chi connectivity index (χ1v) is 16.5. The van der Waals surface area contributed by atoms with E-state index < -0.39 is 23.5 Å². The molecule has 0 saturated heterocycles. The lowest BCUT2D eigenvalue weighted by molar-refractivity contribution is -0.137. The summed E-state index contributed by atoms with van der Waals surface area (Å²) in [7, 11) is 0. The fourth-order valence-electron chi connectivity index (χ4n) is 9.40. The first-order chi connectivity index (χ1) is 23.0. The number of hydrogen-bond donors (Lipinski definition) is 0. The SMILES string of the molecule is FC(F)(F)c1ccccc1-c1cc(C23CC4CC(CC(C4)C2)C3)cc(-c2ccccc2C(F)(F)F)c1-c1ccc(-c2ccccc2)nc1. The maximum Gasteiger partial charge on any atom is 0.417 e. The van der Waals surface area contributed by atoms with Crippen molar-refractivity contribution in [2.24, 2.45) is 17.8 Å². The molecule has 9 rings (SSSR count). The Hall–Kier alpha value is -4.39. The fraction of sp³-hybridized carbons (Fsp3) is 0.293. The van der Waals surface area contributed by atoms with Crippen LogP contribution in [0.1, 0.15) is 55.2 Å². The van der Waals surface area contributed by atoms with Gasteiger partial charge in [-0.15, -0.1) is 0 Å². The van der Waals surface area contributed by atoms with Crippen LogP contribution in [0.5, 0.6) is 0 Å². The Morgan fingerprint density at radius 2 is 1.00 bits per heavy atom. The summed E-state index contributed by atoms with van der Waals surface area (Å²) >= 11 is 0. The van der Waals surface area contributed by atoms with Gasteiger partial charge in [0.15, 0.2) is 0 Å². The van der Waals surface area contributed by atoms with Crippen LogP contribution in [-0.4, -0.2) is 4.98 Å². The summed E-state index contributed by atoms with van der Waals surface area (Å²) in [5, 5.41) is 0. The summed E-state index contributed by atoms with van der Waals surface area (Å²) in [4.78, 5) is 4.67. The van der Waals surface area contributed by atoms with E-state index in [1.165, 1.54) is 24.3 Å². The van der Waals surface area contributed by atoms with Gasteiger partial charge in [0.05, 0.1) is 16.8 Å². The second-order valence-corrected chi connectivity index (χ2v) is 14.0. The third-order valence-electron chi connectivity index (χ3n) is 11.0. The third kappa shape index (κ3) is 5.41. The van der Waals surface area contributed by atoms with Crippen LogP contribution in [0.3, 0.4) is 0 Å². The summed E-state index contributed by atoms with van der Waals surface area (Å²) in [5.41, 5.74) is 1.63. The monoisotopic (exact) mass is 653 g/mol. The fourth-order valence-corrected chi connectivity index (χ4v) is 9.40. The normalized spacial score (nSPS) is 23.4. The molecule has 1 aromatic heterocycles. The highest BCUT2D eigenvalue weighted by atomic mass is 19.4. The first kappa shape index (κ1) is 30.9. The highest BCUT2D eigenvalue weighted by Gasteiger charge is 2.52. The molecule has 1 heterocycles. The molecule has 0 spiro atoms. The van der Waals surface area contributed by atoms with E-state index in [2.05, 4.69) is 4.98 Å². The van der Waals surface area contributed by atoms with Crippen molar-refractivity contribution >= 4 is 0 Å². The van der Waals surface area contributed by atoms with E-state index in [-0.39, 0.29) is 27.7 Å². The quantitative estimate of drug-likeness (QED) is 0.172. The van der Waals surface area contributed by atoms with E-state index in [9.17, 15) is 26.3 Å². The van der Waals surface area contributed by atoms with Crippen LogP contribution in [-0.2, 0) is 17.8 Å². The van der Waals surface area contributed by atoms with E-state index in [0.717, 1.165) is 61.8 Å². The van der Waals surface area contributed by atoms with E-state index in [1.54, 1.807) is 30.5 Å². The van der Waals surface area contributed by atoms with Crippen LogP contribution in [0.15, 0.2) is 109 Å². The number of halogens is 6. The predicted octanol–water partition coefficient (Wildman–Crippen LogP) is 12.3. The lowest BCUT2D eigenvalue weighted by atomic mass is 9.48. The van der Waals surface area contributed by atoms with Gasteiger partial charge in [-0.3, -0.25) is 4.98 Å². The van der Waals surface area contributed by atoms with Gasteiger partial charge in [0.25, 0.3) is 0 Å². The van der Waals surface area contributed by atoms with Gasteiger partial charge in [-0.1, -0.05) is 72.8 Å². The first-order valence-electron chi connectivity index (χ1n) is 16.5. The van der Waals surface area contributed by atoms with Crippen molar-refractivity contribution in [3.63, 3.8) is 0 Å². The van der Waals surface area contributed by atoms with Crippen molar-refractivity contribution in [3.05, 3.63) is 126 Å². The number of alkyl halides is 6. The molecule has 4 aromatic carbocycles. The van der Waals surface area contributed by atoms with E-state index in [4.69, 9.17) is 0 Å². The van der Waals surface area contributed by atoms with Crippen LogP contribution in [0.25, 0.3) is 44.6 Å². The Morgan fingerprint density at radius 1 is 0.521 bits per heavy atom. The number of benzene rings is 4. The van der Waals surface area contributed by atoms with Crippen molar-refractivity contribution < 1.29 is 26.3 Å². The second kappa shape index (κ2) is 11.4. The Kier molecular flexibility index (Phi) is 7.31. The largest absolute Gasteiger partial charge is 0.417 e. The molecule has 4 saturated carbocycles. The summed E-state index contributed by atoms with van der Waals surface area (Å²) in [6.07, 6.45) is -1.58. The van der Waals surface area contributed by atoms with E-state index >= 15 is 0 Å². The summed E-state index contributed by atoms with van der Waals surface area (Å²) in [6.45, 7) is 0. The minimum absolute atomic E-state index is 0.0514. The lowest BCUT2D eigenvalue weighted by Gasteiger charge is -2.57. The van der Waals surface area contributed by atoms with Gasteiger partial charge < -0.3 is 0 Å². The van der Waals surface area contributed by atoms with Crippen LogP contribution >= 0.6 is 0 Å². The molecule has 4 aliphatic carbocycles. The molecular weight excluding hydrogens is 620 g/mol. The van der Waals surface area contributed by atoms with E-state index in [0.29, 0.717) is 34.6 Å². The molecular formula is C41H33F6N. The molecule has 0 amide bonds. The summed E-state index contributed by atoms with van der Waals surface area (Å²) in [5.74, 6) is 1.59. The second-order valence-electron chi connectivity index (χ2n) is 14.0. The topological polar surface area (TPSA) is 12.9 Å². The highest BCUT2D eigenvalue weighted by molar-refractivity contribution is 5.97. The van der Waals surface area contributed by atoms with Gasteiger partial charge in [0.2, 0.25) is 0 Å². The van der Waals surface area contributed by atoms with Crippen molar-refractivity contribution in [1.29, 1.82) is 0 Å². The predicted molar refractivity (Wildman–Crippen MR) is 176 cm³/mol. The Balaban J connectivity index is 1.45. The number of nitrogens with zero attached hydrogens (tertiary/aromatic N) is 1. The van der Waals surface area contributed by atoms with Gasteiger partial charge in [0, 0.05) is 17.3 Å². The molecule has 4 bridgehead atoms. The van der Waals surface area contributed by atoms with Crippen LogP contribution < -0.4 is 0 Å². The molecule has 7 heteroatoms. The van der Waals surface area contributed by atoms with Gasteiger partial charge in [-0.2, -0.15) is 26.3 Å². The molecule has 0 unspecified atom stereocenters. The number of aromatic nitrogens is 1. The van der Waals surface area contributed by atoms with Gasteiger partial charge >= 0.3 is 12.4 Å². The molecule has 4 fully saturated rings. The summed E-state index contributed by atoms with van der Waals surface area (Å²) in [6, 6.07) is 27.5. The van der Waals surface area contributed by atoms with Crippen LogP contribution in [0.4, 0.5) is 26.3 Å². The average molecular weight is 654 g/mol. The van der Waals surface area contributed by atoms with Crippen molar-refractivity contribution in [1.82, 2.24) is 4.98 Å². The Bertz CT molecular complexity index is 1860. The standard InChI is InChI=1S/C41H33F6N/c42-40(43,44)35-12-6-4-10-31(35)33-19-30(39-21-25-16-26(22-39)18-27(17-25)23-39)20-34(32-11-5-7-13-36(32)41(45,46)47)38(33)29-14-15-37(48-24-29)28-8-2-1-3-9-28/h1-15,19-20,24-27H,16-18,21-23H2. The summed E-state index contributed by atoms with van der Waals surface area (Å²) < 4.78 is 88.2. The minimum Gasteiger partial charge on any atom is -0.256 e. The zero-order valence-electron chi connectivity index (χ0n) is 26.1. The molecule has 0 radical (unpaired) electrons.